The molecule has 0 radical (unpaired) electrons. The molecule has 0 spiro atoms. The zero-order valence-electron chi connectivity index (χ0n) is 47.5. The summed E-state index contributed by atoms with van der Waals surface area (Å²) in [4.78, 5) is 33.0. The molecule has 0 fully saturated rings. The first kappa shape index (κ1) is 50.0. The van der Waals surface area contributed by atoms with Crippen molar-refractivity contribution in [3.8, 4) is 102 Å². The lowest BCUT2D eigenvalue weighted by Gasteiger charge is -2.30. The third-order valence-corrected chi connectivity index (χ3v) is 20.4. The molecule has 394 valence electrons. The predicted octanol–water partition coefficient (Wildman–Crippen LogP) is 18.7. The van der Waals surface area contributed by atoms with E-state index >= 15 is 0 Å². The maximum Gasteiger partial charge on any atom is 0.202 e. The quantitative estimate of drug-likeness (QED) is 0.114. The Morgan fingerprint density at radius 3 is 0.613 bits per heavy atom. The molecule has 0 atom stereocenters. The normalized spacial score (nSPS) is 15.6. The van der Waals surface area contributed by atoms with Crippen LogP contribution in [-0.4, -0.2) is 29.9 Å². The summed E-state index contributed by atoms with van der Waals surface area (Å²) in [5.74, 6) is 3.18. The van der Waals surface area contributed by atoms with Gasteiger partial charge in [0.15, 0.2) is 23.3 Å². The lowest BCUT2D eigenvalue weighted by Crippen LogP contribution is -2.23. The van der Waals surface area contributed by atoms with Crippen LogP contribution in [0.1, 0.15) is 151 Å². The fraction of sp³-hybridized carbons (Fsp3) is 0.270. The van der Waals surface area contributed by atoms with E-state index in [1.807, 2.05) is 0 Å². The van der Waals surface area contributed by atoms with E-state index in [1.54, 1.807) is 0 Å². The topological polar surface area (TPSA) is 77.3 Å². The second kappa shape index (κ2) is 18.7. The number of hydrogen-bond donors (Lipinski definition) is 0. The van der Waals surface area contributed by atoms with Crippen molar-refractivity contribution in [1.29, 1.82) is 0 Å². The molecule has 4 aliphatic carbocycles. The van der Waals surface area contributed by atoms with Gasteiger partial charge in [0.05, 0.1) is 0 Å². The Balaban J connectivity index is 1.01. The molecule has 0 unspecified atom stereocenters. The van der Waals surface area contributed by atoms with Crippen molar-refractivity contribution in [1.82, 2.24) is 29.9 Å². The van der Waals surface area contributed by atoms with Crippen molar-refractivity contribution in [2.24, 2.45) is 0 Å². The Labute approximate surface area is 472 Å². The minimum Gasteiger partial charge on any atom is -0.208 e. The van der Waals surface area contributed by atoms with Gasteiger partial charge < -0.3 is 0 Å². The van der Waals surface area contributed by atoms with E-state index in [1.165, 1.54) is 89.0 Å². The van der Waals surface area contributed by atoms with Crippen LogP contribution in [0.25, 0.3) is 102 Å². The molecule has 2 heterocycles. The fourth-order valence-corrected chi connectivity index (χ4v) is 15.9. The third-order valence-electron chi connectivity index (χ3n) is 20.4. The van der Waals surface area contributed by atoms with Gasteiger partial charge in [-0.05, 0) is 165 Å². The average Bonchev–Trinajstić information content (AvgIpc) is 4.30. The van der Waals surface area contributed by atoms with Gasteiger partial charge in [-0.25, -0.2) is 29.9 Å². The highest BCUT2D eigenvalue weighted by atomic mass is 15.1. The summed E-state index contributed by atoms with van der Waals surface area (Å²) < 4.78 is 0. The van der Waals surface area contributed by atoms with Crippen molar-refractivity contribution in [3.05, 3.63) is 214 Å². The van der Waals surface area contributed by atoms with Crippen LogP contribution in [0.4, 0.5) is 0 Å². The summed E-state index contributed by atoms with van der Waals surface area (Å²) in [6.45, 7) is 18.6. The molecule has 0 saturated heterocycles. The van der Waals surface area contributed by atoms with Crippen LogP contribution in [0, 0.1) is 0 Å². The molecular weight excluding hydrogens is 973 g/mol. The van der Waals surface area contributed by atoms with E-state index in [0.717, 1.165) is 73.6 Å². The highest BCUT2D eigenvalue weighted by Crippen LogP contribution is 2.57. The summed E-state index contributed by atoms with van der Waals surface area (Å²) in [6.07, 6.45) is 7.84. The van der Waals surface area contributed by atoms with Crippen LogP contribution in [0.15, 0.2) is 170 Å². The van der Waals surface area contributed by atoms with E-state index in [2.05, 4.69) is 225 Å². The lowest BCUT2D eigenvalue weighted by atomic mass is 9.73. The maximum atomic E-state index is 5.50. The number of nitrogens with zero attached hydrogens (tertiary/aromatic N) is 6. The van der Waals surface area contributed by atoms with Gasteiger partial charge in [0.1, 0.15) is 0 Å². The second-order valence-corrected chi connectivity index (χ2v) is 23.0. The zero-order valence-corrected chi connectivity index (χ0v) is 47.5. The molecular formula is C74H68N6. The first-order valence-electron chi connectivity index (χ1n) is 29.7. The lowest BCUT2D eigenvalue weighted by molar-refractivity contribution is 0.490. The molecule has 0 aliphatic heterocycles. The van der Waals surface area contributed by atoms with Crippen molar-refractivity contribution in [2.75, 3.05) is 0 Å². The number of rotatable bonds is 13. The smallest absolute Gasteiger partial charge is 0.202 e. The molecule has 4 aliphatic rings. The van der Waals surface area contributed by atoms with E-state index in [-0.39, 0.29) is 21.7 Å². The van der Waals surface area contributed by atoms with Crippen LogP contribution < -0.4 is 0 Å². The first-order valence-corrected chi connectivity index (χ1v) is 29.7. The standard InChI is InChI=1S/C74H68N6/c1-9-71(10-2)57-29-21-17-25-49(57)53-37-33-45(41-61(53)71)65-75-66(46-34-38-54-50-26-18-22-30-58(50)72(11-3,12-4)62(54)42-46)78-69(77-65)70-79-67(47-35-39-55-51-27-19-23-31-59(51)73(13-5,14-6)63(55)43-47)76-68(80-70)48-36-40-56-52-28-20-24-32-60(52)74(15-7,16-8)64(56)44-48/h17-44H,9-16H2,1-8H3. The van der Waals surface area contributed by atoms with E-state index < -0.39 is 0 Å². The predicted molar refractivity (Wildman–Crippen MR) is 328 cm³/mol. The molecule has 80 heavy (non-hydrogen) atoms. The molecule has 6 heteroatoms. The molecule has 6 nitrogen and oxygen atoms in total. The monoisotopic (exact) mass is 1040 g/mol. The Bertz CT molecular complexity index is 3620. The van der Waals surface area contributed by atoms with Crippen LogP contribution in [-0.2, 0) is 21.7 Å². The van der Waals surface area contributed by atoms with Crippen molar-refractivity contribution in [2.45, 2.75) is 128 Å². The number of fused-ring (bicyclic) bond motifs is 12. The van der Waals surface area contributed by atoms with Gasteiger partial charge in [-0.2, -0.15) is 0 Å². The largest absolute Gasteiger partial charge is 0.208 e. The van der Waals surface area contributed by atoms with Gasteiger partial charge in [0, 0.05) is 43.9 Å². The van der Waals surface area contributed by atoms with Crippen LogP contribution in [0.2, 0.25) is 0 Å². The van der Waals surface area contributed by atoms with Crippen LogP contribution in [0.5, 0.6) is 0 Å². The number of aromatic nitrogens is 6. The van der Waals surface area contributed by atoms with Crippen molar-refractivity contribution >= 4 is 0 Å². The fourth-order valence-electron chi connectivity index (χ4n) is 15.9. The molecule has 10 aromatic rings. The molecule has 0 saturated carbocycles. The number of benzene rings is 8. The summed E-state index contributed by atoms with van der Waals surface area (Å²) in [5, 5.41) is 0. The van der Waals surface area contributed by atoms with E-state index in [9.17, 15) is 0 Å². The third kappa shape index (κ3) is 6.83. The van der Waals surface area contributed by atoms with Crippen LogP contribution >= 0.6 is 0 Å². The summed E-state index contributed by atoms with van der Waals surface area (Å²) in [6, 6.07) is 63.3. The Morgan fingerprint density at radius 2 is 0.400 bits per heavy atom. The maximum absolute atomic E-state index is 5.50. The first-order chi connectivity index (χ1) is 39.2. The van der Waals surface area contributed by atoms with Gasteiger partial charge in [-0.1, -0.05) is 201 Å². The summed E-state index contributed by atoms with van der Waals surface area (Å²) in [5.41, 5.74) is 24.5. The van der Waals surface area contributed by atoms with E-state index in [4.69, 9.17) is 29.9 Å². The average molecular weight is 1040 g/mol. The molecule has 2 aromatic heterocycles. The Morgan fingerprint density at radius 1 is 0.212 bits per heavy atom. The number of hydrogen-bond acceptors (Lipinski definition) is 6. The Hall–Kier alpha value is -8.22. The van der Waals surface area contributed by atoms with Gasteiger partial charge >= 0.3 is 0 Å². The molecule has 0 N–H and O–H groups in total. The summed E-state index contributed by atoms with van der Waals surface area (Å²) >= 11 is 0. The zero-order chi connectivity index (χ0) is 54.7. The van der Waals surface area contributed by atoms with E-state index in [0.29, 0.717) is 34.9 Å². The second-order valence-electron chi connectivity index (χ2n) is 23.0. The van der Waals surface area contributed by atoms with Gasteiger partial charge in [0.25, 0.3) is 0 Å². The minimum absolute atomic E-state index is 0.133. The SMILES string of the molecule is CCC1(CC)c2ccccc2-c2ccc(-c3nc(-c4ccc5c(c4)C(CC)(CC)c4ccccc4-5)nc(-c4nc(-c5ccc6c(c5)C(CC)(CC)c5ccccc5-6)nc(-c5ccc6c(c5)C(CC)(CC)c5ccccc5-6)n4)n3)cc21. The highest BCUT2D eigenvalue weighted by molar-refractivity contribution is 5.88. The van der Waals surface area contributed by atoms with Crippen LogP contribution in [0.3, 0.4) is 0 Å². The van der Waals surface area contributed by atoms with Crippen molar-refractivity contribution < 1.29 is 0 Å². The highest BCUT2D eigenvalue weighted by Gasteiger charge is 2.44. The molecule has 8 aromatic carbocycles. The molecule has 14 rings (SSSR count). The molecule has 0 bridgehead atoms. The van der Waals surface area contributed by atoms with Gasteiger partial charge in [0.2, 0.25) is 11.6 Å². The van der Waals surface area contributed by atoms with Gasteiger partial charge in [-0.15, -0.1) is 0 Å². The summed E-state index contributed by atoms with van der Waals surface area (Å²) in [7, 11) is 0. The minimum atomic E-state index is -0.133. The molecule has 0 amide bonds. The van der Waals surface area contributed by atoms with Crippen molar-refractivity contribution in [3.63, 3.8) is 0 Å². The Kier molecular flexibility index (Phi) is 11.7. The van der Waals surface area contributed by atoms with Gasteiger partial charge in [-0.3, -0.25) is 0 Å².